The number of anilines is 1. The van der Waals surface area contributed by atoms with Gasteiger partial charge in [0.15, 0.2) is 0 Å². The van der Waals surface area contributed by atoms with Crippen LogP contribution in [0.15, 0.2) is 42.5 Å². The number of ether oxygens (including phenoxy) is 1. The summed E-state index contributed by atoms with van der Waals surface area (Å²) >= 11 is 12.4. The fourth-order valence-corrected chi connectivity index (χ4v) is 2.66. The Bertz CT molecular complexity index is 730. The molecule has 0 fully saturated rings. The van der Waals surface area contributed by atoms with E-state index in [0.29, 0.717) is 12.4 Å². The number of carbonyl (C=O) groups excluding carboxylic acids is 1. The summed E-state index contributed by atoms with van der Waals surface area (Å²) in [6, 6.07) is 12.0. The second-order valence-corrected chi connectivity index (χ2v) is 5.60. The quantitative estimate of drug-likeness (QED) is 0.569. The van der Waals surface area contributed by atoms with E-state index in [0.717, 1.165) is 10.5 Å². The normalized spacial score (nSPS) is 10.1. The largest absolute Gasteiger partial charge is 0.489 e. The monoisotopic (exact) mass is 366 g/mol. The number of guanidine groups is 1. The predicted octanol–water partition coefficient (Wildman–Crippen LogP) is 3.61. The van der Waals surface area contributed by atoms with Gasteiger partial charge in [-0.05, 0) is 5.56 Å². The number of amides is 2. The van der Waals surface area contributed by atoms with Crippen LogP contribution in [-0.4, -0.2) is 19.0 Å². The van der Waals surface area contributed by atoms with E-state index in [1.165, 1.54) is 19.2 Å². The molecule has 4 N–H and O–H groups in total. The summed E-state index contributed by atoms with van der Waals surface area (Å²) in [4.78, 5) is 12.8. The van der Waals surface area contributed by atoms with Crippen LogP contribution < -0.4 is 20.7 Å². The molecule has 24 heavy (non-hydrogen) atoms. The fraction of sp³-hybridized carbons (Fsp3) is 0.125. The number of rotatable bonds is 4. The highest BCUT2D eigenvalue weighted by molar-refractivity contribution is 6.41. The number of urea groups is 1. The van der Waals surface area contributed by atoms with E-state index in [-0.39, 0.29) is 15.7 Å². The van der Waals surface area contributed by atoms with Gasteiger partial charge in [-0.1, -0.05) is 53.5 Å². The Labute approximate surface area is 149 Å². The van der Waals surface area contributed by atoms with Crippen molar-refractivity contribution in [3.8, 4) is 5.75 Å². The van der Waals surface area contributed by atoms with Crippen molar-refractivity contribution in [2.24, 2.45) is 5.73 Å². The van der Waals surface area contributed by atoms with Gasteiger partial charge in [-0.3, -0.25) is 5.41 Å². The van der Waals surface area contributed by atoms with Crippen molar-refractivity contribution in [3.63, 3.8) is 0 Å². The summed E-state index contributed by atoms with van der Waals surface area (Å²) < 4.78 is 5.66. The molecule has 0 saturated heterocycles. The highest BCUT2D eigenvalue weighted by Gasteiger charge is 2.24. The Kier molecular flexibility index (Phi) is 5.89. The lowest BCUT2D eigenvalue weighted by Crippen LogP contribution is -2.46. The molecule has 0 aliphatic heterocycles. The number of halogens is 2. The average Bonchev–Trinajstić information content (AvgIpc) is 2.56. The van der Waals surface area contributed by atoms with Crippen molar-refractivity contribution in [1.29, 1.82) is 5.41 Å². The van der Waals surface area contributed by atoms with Gasteiger partial charge in [0.25, 0.3) is 0 Å². The Morgan fingerprint density at radius 3 is 2.33 bits per heavy atom. The molecule has 6 nitrogen and oxygen atoms in total. The highest BCUT2D eigenvalue weighted by Crippen LogP contribution is 2.37. The average molecular weight is 367 g/mol. The van der Waals surface area contributed by atoms with E-state index in [1.54, 1.807) is 0 Å². The molecule has 0 radical (unpaired) electrons. The van der Waals surface area contributed by atoms with E-state index in [4.69, 9.17) is 39.1 Å². The number of nitrogens with one attached hydrogen (secondary N) is 2. The number of hydrogen-bond donors (Lipinski definition) is 3. The minimum Gasteiger partial charge on any atom is -0.489 e. The minimum absolute atomic E-state index is 0.122. The van der Waals surface area contributed by atoms with E-state index in [2.05, 4.69) is 5.32 Å². The van der Waals surface area contributed by atoms with Crippen LogP contribution in [0.4, 0.5) is 10.5 Å². The molecule has 0 aliphatic carbocycles. The fourth-order valence-electron chi connectivity index (χ4n) is 2.02. The smallest absolute Gasteiger partial charge is 0.328 e. The summed E-state index contributed by atoms with van der Waals surface area (Å²) in [6.07, 6.45) is 0. The zero-order valence-corrected chi connectivity index (χ0v) is 14.4. The maximum absolute atomic E-state index is 11.9. The van der Waals surface area contributed by atoms with Crippen molar-refractivity contribution in [2.45, 2.75) is 6.61 Å². The van der Waals surface area contributed by atoms with Crippen LogP contribution in [-0.2, 0) is 6.61 Å². The van der Waals surface area contributed by atoms with Gasteiger partial charge in [-0.25, -0.2) is 9.69 Å². The first kappa shape index (κ1) is 17.9. The molecule has 126 valence electrons. The number of hydrogen-bond acceptors (Lipinski definition) is 3. The first-order valence-corrected chi connectivity index (χ1v) is 7.71. The van der Waals surface area contributed by atoms with Crippen molar-refractivity contribution < 1.29 is 9.53 Å². The molecule has 0 aromatic heterocycles. The zero-order chi connectivity index (χ0) is 17.7. The molecule has 2 rings (SSSR count). The Morgan fingerprint density at radius 2 is 1.83 bits per heavy atom. The highest BCUT2D eigenvalue weighted by atomic mass is 35.5. The number of carbonyl (C=O) groups is 1. The third-order valence-corrected chi connectivity index (χ3v) is 3.70. The van der Waals surface area contributed by atoms with Gasteiger partial charge in [0.1, 0.15) is 12.4 Å². The maximum atomic E-state index is 11.9. The topological polar surface area (TPSA) is 91.4 Å². The van der Waals surface area contributed by atoms with E-state index in [9.17, 15) is 4.79 Å². The molecule has 0 bridgehead atoms. The van der Waals surface area contributed by atoms with Gasteiger partial charge >= 0.3 is 6.03 Å². The number of nitrogens with two attached hydrogens (primary N) is 1. The van der Waals surface area contributed by atoms with Crippen LogP contribution in [0.2, 0.25) is 10.0 Å². The molecule has 0 unspecified atom stereocenters. The maximum Gasteiger partial charge on any atom is 0.328 e. The van der Waals surface area contributed by atoms with Gasteiger partial charge in [0.05, 0.1) is 15.7 Å². The third-order valence-electron chi connectivity index (χ3n) is 3.12. The molecule has 2 amide bonds. The molecule has 0 atom stereocenters. The van der Waals surface area contributed by atoms with E-state index >= 15 is 0 Å². The van der Waals surface area contributed by atoms with E-state index < -0.39 is 12.0 Å². The molecule has 2 aromatic rings. The van der Waals surface area contributed by atoms with Crippen LogP contribution in [0.1, 0.15) is 5.56 Å². The molecule has 0 heterocycles. The van der Waals surface area contributed by atoms with Gasteiger partial charge in [-0.15, -0.1) is 0 Å². The number of nitrogens with zero attached hydrogens (tertiary/aromatic N) is 1. The summed E-state index contributed by atoms with van der Waals surface area (Å²) in [5.41, 5.74) is 6.57. The molecule has 0 spiro atoms. The molecule has 0 aliphatic rings. The third kappa shape index (κ3) is 4.10. The summed E-state index contributed by atoms with van der Waals surface area (Å²) in [5, 5.41) is 10.2. The lowest BCUT2D eigenvalue weighted by Gasteiger charge is -2.23. The van der Waals surface area contributed by atoms with Crippen molar-refractivity contribution >= 4 is 40.9 Å². The molecule has 0 saturated carbocycles. The molecular weight excluding hydrogens is 351 g/mol. The van der Waals surface area contributed by atoms with Gasteiger partial charge in [-0.2, -0.15) is 0 Å². The second-order valence-electron chi connectivity index (χ2n) is 4.79. The Balaban J connectivity index is 2.27. The van der Waals surface area contributed by atoms with Crippen LogP contribution in [0.25, 0.3) is 0 Å². The Hall–Kier alpha value is -2.44. The Morgan fingerprint density at radius 1 is 1.25 bits per heavy atom. The second kappa shape index (κ2) is 7.90. The minimum atomic E-state index is -0.621. The van der Waals surface area contributed by atoms with Crippen LogP contribution in [0.3, 0.4) is 0 Å². The lowest BCUT2D eigenvalue weighted by molar-refractivity contribution is 0.251. The number of benzene rings is 2. The van der Waals surface area contributed by atoms with Gasteiger partial charge in [0.2, 0.25) is 5.96 Å². The SMILES string of the molecule is CNC(=O)N(C(=N)N)c1c(Cl)cc(OCc2ccccc2)cc1Cl. The standard InChI is InChI=1S/C16H16Cl2N4O2/c1-21-16(23)22(15(19)20)14-12(17)7-11(8-13(14)18)24-9-10-5-3-2-4-6-10/h2-8H,9H2,1H3,(H3,19,20)(H,21,23). The zero-order valence-electron chi connectivity index (χ0n) is 12.8. The summed E-state index contributed by atoms with van der Waals surface area (Å²) in [7, 11) is 1.41. The van der Waals surface area contributed by atoms with E-state index in [1.807, 2.05) is 30.3 Å². The van der Waals surface area contributed by atoms with Crippen molar-refractivity contribution in [2.75, 3.05) is 11.9 Å². The predicted molar refractivity (Wildman–Crippen MR) is 96.1 cm³/mol. The van der Waals surface area contributed by atoms with Crippen LogP contribution in [0.5, 0.6) is 5.75 Å². The first-order valence-electron chi connectivity index (χ1n) is 6.95. The van der Waals surface area contributed by atoms with Crippen molar-refractivity contribution in [1.82, 2.24) is 5.32 Å². The van der Waals surface area contributed by atoms with Gasteiger partial charge in [0, 0.05) is 19.2 Å². The summed E-state index contributed by atoms with van der Waals surface area (Å²) in [6.45, 7) is 0.346. The molecule has 8 heteroatoms. The van der Waals surface area contributed by atoms with Crippen molar-refractivity contribution in [3.05, 3.63) is 58.1 Å². The molecular formula is C16H16Cl2N4O2. The first-order chi connectivity index (χ1) is 11.4. The molecule has 2 aromatic carbocycles. The van der Waals surface area contributed by atoms with Gasteiger partial charge < -0.3 is 15.8 Å². The van der Waals surface area contributed by atoms with Crippen LogP contribution >= 0.6 is 23.2 Å². The van der Waals surface area contributed by atoms with Crippen LogP contribution in [0, 0.1) is 5.41 Å². The summed E-state index contributed by atoms with van der Waals surface area (Å²) in [5.74, 6) is -0.0610. The lowest BCUT2D eigenvalue weighted by atomic mass is 10.2.